The van der Waals surface area contributed by atoms with Crippen molar-refractivity contribution in [3.8, 4) is 0 Å². The molecule has 1 aromatic rings. The molecule has 1 heterocycles. The summed E-state index contributed by atoms with van der Waals surface area (Å²) in [5, 5.41) is 9.48. The molecule has 0 aromatic heterocycles. The maximum absolute atomic E-state index is 9.48. The number of hydrogen-bond acceptors (Lipinski definition) is 2. The van der Waals surface area contributed by atoms with Gasteiger partial charge in [-0.1, -0.05) is 28.1 Å². The SMILES string of the molecule is C[C@@H](c1ccc(Br)cc1)N1CCC(O)CC1. The van der Waals surface area contributed by atoms with Gasteiger partial charge in [0.1, 0.15) is 0 Å². The van der Waals surface area contributed by atoms with Gasteiger partial charge in [-0.05, 0) is 37.5 Å². The van der Waals surface area contributed by atoms with Crippen LogP contribution >= 0.6 is 15.9 Å². The van der Waals surface area contributed by atoms with Gasteiger partial charge in [0.25, 0.3) is 0 Å². The Morgan fingerprint density at radius 2 is 1.81 bits per heavy atom. The largest absolute Gasteiger partial charge is 0.393 e. The monoisotopic (exact) mass is 283 g/mol. The fraction of sp³-hybridized carbons (Fsp3) is 0.538. The van der Waals surface area contributed by atoms with Crippen molar-refractivity contribution >= 4 is 15.9 Å². The van der Waals surface area contributed by atoms with E-state index in [1.165, 1.54) is 5.56 Å². The number of likely N-dealkylation sites (tertiary alicyclic amines) is 1. The Morgan fingerprint density at radius 3 is 2.38 bits per heavy atom. The highest BCUT2D eigenvalue weighted by atomic mass is 79.9. The van der Waals surface area contributed by atoms with Gasteiger partial charge < -0.3 is 5.11 Å². The molecule has 1 aliphatic heterocycles. The lowest BCUT2D eigenvalue weighted by atomic mass is 10.0. The minimum Gasteiger partial charge on any atom is -0.393 e. The van der Waals surface area contributed by atoms with Gasteiger partial charge in [-0.15, -0.1) is 0 Å². The van der Waals surface area contributed by atoms with E-state index >= 15 is 0 Å². The summed E-state index contributed by atoms with van der Waals surface area (Å²) in [5.41, 5.74) is 1.35. The Morgan fingerprint density at radius 1 is 1.25 bits per heavy atom. The third-order valence-corrected chi connectivity index (χ3v) is 3.93. The van der Waals surface area contributed by atoms with Crippen LogP contribution in [0.2, 0.25) is 0 Å². The first-order valence-corrected chi connectivity index (χ1v) is 6.63. The van der Waals surface area contributed by atoms with Gasteiger partial charge in [-0.2, -0.15) is 0 Å². The number of piperidine rings is 1. The number of aliphatic hydroxyl groups is 1. The van der Waals surface area contributed by atoms with Crippen molar-refractivity contribution in [2.45, 2.75) is 31.9 Å². The van der Waals surface area contributed by atoms with E-state index in [1.807, 2.05) is 0 Å². The van der Waals surface area contributed by atoms with Crippen molar-refractivity contribution in [1.82, 2.24) is 4.90 Å². The van der Waals surface area contributed by atoms with Crippen molar-refractivity contribution in [2.24, 2.45) is 0 Å². The van der Waals surface area contributed by atoms with Crippen LogP contribution in [0, 0.1) is 0 Å². The standard InChI is InChI=1S/C13H18BrNO/c1-10(11-2-4-12(14)5-3-11)15-8-6-13(16)7-9-15/h2-5,10,13,16H,6-9H2,1H3/t10-/m0/s1. The molecular weight excluding hydrogens is 266 g/mol. The zero-order valence-electron chi connectivity index (χ0n) is 9.56. The predicted octanol–water partition coefficient (Wildman–Crippen LogP) is 2.97. The summed E-state index contributed by atoms with van der Waals surface area (Å²) in [5.74, 6) is 0. The Hall–Kier alpha value is -0.380. The van der Waals surface area contributed by atoms with Crippen molar-refractivity contribution in [2.75, 3.05) is 13.1 Å². The van der Waals surface area contributed by atoms with E-state index in [1.54, 1.807) is 0 Å². The summed E-state index contributed by atoms with van der Waals surface area (Å²) < 4.78 is 1.12. The molecule has 1 aromatic carbocycles. The number of benzene rings is 1. The summed E-state index contributed by atoms with van der Waals surface area (Å²) >= 11 is 3.45. The molecule has 0 unspecified atom stereocenters. The number of hydrogen-bond donors (Lipinski definition) is 1. The topological polar surface area (TPSA) is 23.5 Å². The van der Waals surface area contributed by atoms with Crippen LogP contribution in [-0.2, 0) is 0 Å². The van der Waals surface area contributed by atoms with Crippen LogP contribution in [0.3, 0.4) is 0 Å². The molecule has 16 heavy (non-hydrogen) atoms. The fourth-order valence-electron chi connectivity index (χ4n) is 2.23. The van der Waals surface area contributed by atoms with Crippen molar-refractivity contribution in [3.63, 3.8) is 0 Å². The van der Waals surface area contributed by atoms with Crippen LogP contribution in [0.5, 0.6) is 0 Å². The average molecular weight is 284 g/mol. The van der Waals surface area contributed by atoms with Crippen LogP contribution in [0.1, 0.15) is 31.4 Å². The van der Waals surface area contributed by atoms with E-state index in [-0.39, 0.29) is 6.10 Å². The van der Waals surface area contributed by atoms with Crippen LogP contribution in [0.4, 0.5) is 0 Å². The zero-order chi connectivity index (χ0) is 11.5. The molecule has 1 saturated heterocycles. The fourth-order valence-corrected chi connectivity index (χ4v) is 2.49. The van der Waals surface area contributed by atoms with E-state index in [0.29, 0.717) is 6.04 Å². The van der Waals surface area contributed by atoms with Crippen LogP contribution in [0.15, 0.2) is 28.7 Å². The maximum atomic E-state index is 9.48. The van der Waals surface area contributed by atoms with Gasteiger partial charge in [-0.25, -0.2) is 0 Å². The summed E-state index contributed by atoms with van der Waals surface area (Å²) in [6.07, 6.45) is 1.72. The first-order chi connectivity index (χ1) is 7.66. The van der Waals surface area contributed by atoms with Gasteiger partial charge in [-0.3, -0.25) is 4.90 Å². The molecule has 0 amide bonds. The molecule has 1 N–H and O–H groups in total. The average Bonchev–Trinajstić information content (AvgIpc) is 2.30. The molecule has 0 aliphatic carbocycles. The summed E-state index contributed by atoms with van der Waals surface area (Å²) in [6, 6.07) is 8.95. The van der Waals surface area contributed by atoms with Gasteiger partial charge in [0.05, 0.1) is 6.10 Å². The molecule has 1 atom stereocenters. The molecule has 0 saturated carbocycles. The number of aliphatic hydroxyl groups excluding tert-OH is 1. The summed E-state index contributed by atoms with van der Waals surface area (Å²) in [4.78, 5) is 2.44. The van der Waals surface area contributed by atoms with Crippen molar-refractivity contribution in [1.29, 1.82) is 0 Å². The lowest BCUT2D eigenvalue weighted by Crippen LogP contribution is -2.37. The molecule has 1 aliphatic rings. The highest BCUT2D eigenvalue weighted by molar-refractivity contribution is 9.10. The Balaban J connectivity index is 2.01. The highest BCUT2D eigenvalue weighted by Gasteiger charge is 2.21. The first-order valence-electron chi connectivity index (χ1n) is 5.84. The van der Waals surface area contributed by atoms with Gasteiger partial charge in [0.15, 0.2) is 0 Å². The Kier molecular flexibility index (Phi) is 4.00. The normalized spacial score (nSPS) is 20.9. The summed E-state index contributed by atoms with van der Waals surface area (Å²) in [7, 11) is 0. The lowest BCUT2D eigenvalue weighted by molar-refractivity contribution is 0.0645. The maximum Gasteiger partial charge on any atom is 0.0564 e. The molecule has 0 radical (unpaired) electrons. The van der Waals surface area contributed by atoms with E-state index < -0.39 is 0 Å². The molecule has 88 valence electrons. The van der Waals surface area contributed by atoms with Crippen LogP contribution < -0.4 is 0 Å². The third-order valence-electron chi connectivity index (χ3n) is 3.40. The molecule has 1 fully saturated rings. The molecule has 0 spiro atoms. The van der Waals surface area contributed by atoms with Crippen LogP contribution in [-0.4, -0.2) is 29.2 Å². The zero-order valence-corrected chi connectivity index (χ0v) is 11.2. The predicted molar refractivity (Wildman–Crippen MR) is 69.4 cm³/mol. The summed E-state index contributed by atoms with van der Waals surface area (Å²) in [6.45, 7) is 4.23. The van der Waals surface area contributed by atoms with E-state index in [0.717, 1.165) is 30.4 Å². The lowest BCUT2D eigenvalue weighted by Gasteiger charge is -2.34. The quantitative estimate of drug-likeness (QED) is 0.902. The Bertz CT molecular complexity index is 330. The first kappa shape index (κ1) is 12.1. The number of rotatable bonds is 2. The molecule has 2 rings (SSSR count). The number of halogens is 1. The van der Waals surface area contributed by atoms with Crippen LogP contribution in [0.25, 0.3) is 0 Å². The second-order valence-electron chi connectivity index (χ2n) is 4.49. The second kappa shape index (κ2) is 5.30. The van der Waals surface area contributed by atoms with Gasteiger partial charge in [0, 0.05) is 23.6 Å². The minimum absolute atomic E-state index is 0.0895. The van der Waals surface area contributed by atoms with E-state index in [9.17, 15) is 5.11 Å². The van der Waals surface area contributed by atoms with Crippen molar-refractivity contribution in [3.05, 3.63) is 34.3 Å². The molecule has 2 nitrogen and oxygen atoms in total. The Labute approximate surface area is 105 Å². The van der Waals surface area contributed by atoms with E-state index in [4.69, 9.17) is 0 Å². The molecule has 3 heteroatoms. The minimum atomic E-state index is -0.0895. The van der Waals surface area contributed by atoms with Crippen molar-refractivity contribution < 1.29 is 5.11 Å². The molecule has 0 bridgehead atoms. The smallest absolute Gasteiger partial charge is 0.0564 e. The van der Waals surface area contributed by atoms with E-state index in [2.05, 4.69) is 52.0 Å². The van der Waals surface area contributed by atoms with Gasteiger partial charge >= 0.3 is 0 Å². The van der Waals surface area contributed by atoms with Gasteiger partial charge in [0.2, 0.25) is 0 Å². The third kappa shape index (κ3) is 2.84. The number of nitrogens with zero attached hydrogens (tertiary/aromatic N) is 1. The highest BCUT2D eigenvalue weighted by Crippen LogP contribution is 2.25. The molecular formula is C13H18BrNO. The second-order valence-corrected chi connectivity index (χ2v) is 5.41.